The summed E-state index contributed by atoms with van der Waals surface area (Å²) in [7, 11) is 0. The zero-order valence-electron chi connectivity index (χ0n) is 10.5. The number of hydrogen-bond donors (Lipinski definition) is 4. The van der Waals surface area contributed by atoms with Crippen molar-refractivity contribution in [1.82, 2.24) is 0 Å². The summed E-state index contributed by atoms with van der Waals surface area (Å²) in [6, 6.07) is 11.6. The van der Waals surface area contributed by atoms with Crippen LogP contribution in [-0.2, 0) is 17.1 Å². The Morgan fingerprint density at radius 3 is 1.14 bits per heavy atom. The van der Waals surface area contributed by atoms with Crippen molar-refractivity contribution in [2.75, 3.05) is 0 Å². The molecule has 115 valence electrons. The molecule has 4 N–H and O–H groups in total. The molecule has 7 heteroatoms. The number of carboxylic acids is 2. The van der Waals surface area contributed by atoms with Gasteiger partial charge in [-0.15, -0.1) is 0 Å². The maximum absolute atomic E-state index is 10.3. The zero-order valence-corrected chi connectivity index (χ0v) is 11.5. The van der Waals surface area contributed by atoms with Gasteiger partial charge in [0.05, 0.1) is 0 Å². The number of hydrogen-bond acceptors (Lipinski definition) is 4. The molecule has 2 aromatic carbocycles. The van der Waals surface area contributed by atoms with Crippen LogP contribution in [-0.4, -0.2) is 32.4 Å². The Bertz CT molecular complexity index is 571. The van der Waals surface area contributed by atoms with Crippen LogP contribution >= 0.6 is 0 Å². The third kappa shape index (κ3) is 5.56. The Hall–Kier alpha value is -2.50. The van der Waals surface area contributed by atoms with Crippen molar-refractivity contribution < 1.29 is 47.1 Å². The van der Waals surface area contributed by atoms with E-state index < -0.39 is 11.9 Å². The maximum Gasteiger partial charge on any atom is 0.339 e. The molecule has 0 unspecified atom stereocenters. The number of carboxylic acid groups (broad SMARTS) is 2. The standard InChI is InChI=1S/2C7H6O3.Cu/c2*8-6-4-2-1-3-5(6)7(9)10;/h2*1-4,8H,(H,9,10);. The summed E-state index contributed by atoms with van der Waals surface area (Å²) < 4.78 is 0. The Morgan fingerprint density at radius 1 is 0.667 bits per heavy atom. The second-order valence-electron chi connectivity index (χ2n) is 3.64. The number of phenols is 2. The number of aromatic hydroxyl groups is 2. The van der Waals surface area contributed by atoms with Crippen molar-refractivity contribution in [1.29, 1.82) is 0 Å². The van der Waals surface area contributed by atoms with Crippen LogP contribution in [0.2, 0.25) is 0 Å². The maximum atomic E-state index is 10.3. The molecule has 21 heavy (non-hydrogen) atoms. The summed E-state index contributed by atoms with van der Waals surface area (Å²) in [4.78, 5) is 20.5. The molecule has 0 aliphatic rings. The van der Waals surface area contributed by atoms with E-state index in [1.54, 1.807) is 24.3 Å². The minimum atomic E-state index is -1.11. The van der Waals surface area contributed by atoms with Crippen LogP contribution in [0.3, 0.4) is 0 Å². The van der Waals surface area contributed by atoms with Crippen LogP contribution in [0.1, 0.15) is 20.7 Å². The molecule has 0 atom stereocenters. The predicted molar refractivity (Wildman–Crippen MR) is 70.1 cm³/mol. The van der Waals surface area contributed by atoms with Crippen LogP contribution in [0, 0.1) is 0 Å². The molecule has 1 radical (unpaired) electrons. The van der Waals surface area contributed by atoms with Crippen molar-refractivity contribution in [2.24, 2.45) is 0 Å². The summed E-state index contributed by atoms with van der Waals surface area (Å²) in [5.74, 6) is -2.62. The smallest absolute Gasteiger partial charge is 0.339 e. The average Bonchev–Trinajstić information content (AvgIpc) is 2.40. The summed E-state index contributed by atoms with van der Waals surface area (Å²) >= 11 is 0. The molecule has 0 aromatic heterocycles. The van der Waals surface area contributed by atoms with E-state index in [0.717, 1.165) is 0 Å². The van der Waals surface area contributed by atoms with E-state index in [-0.39, 0.29) is 39.7 Å². The zero-order chi connectivity index (χ0) is 15.1. The predicted octanol–water partition coefficient (Wildman–Crippen LogP) is 2.18. The SMILES string of the molecule is O=C(O)c1ccccc1O.O=C(O)c1ccccc1O.[Cu]. The Labute approximate surface area is 130 Å². The Balaban J connectivity index is 0.000000364. The first-order valence-corrected chi connectivity index (χ1v) is 5.46. The van der Waals surface area contributed by atoms with E-state index in [0.29, 0.717) is 0 Å². The Kier molecular flexibility index (Phi) is 7.60. The fourth-order valence-electron chi connectivity index (χ4n) is 1.31. The van der Waals surface area contributed by atoms with E-state index in [2.05, 4.69) is 0 Å². The monoisotopic (exact) mass is 339 g/mol. The summed E-state index contributed by atoms with van der Waals surface area (Å²) in [6.45, 7) is 0. The largest absolute Gasteiger partial charge is 0.507 e. The van der Waals surface area contributed by atoms with E-state index in [9.17, 15) is 9.59 Å². The van der Waals surface area contributed by atoms with E-state index in [1.807, 2.05) is 0 Å². The topological polar surface area (TPSA) is 115 Å². The quantitative estimate of drug-likeness (QED) is 0.623. The molecule has 0 aliphatic heterocycles. The molecule has 0 spiro atoms. The van der Waals surface area contributed by atoms with Crippen LogP contribution in [0.4, 0.5) is 0 Å². The van der Waals surface area contributed by atoms with Crippen molar-refractivity contribution >= 4 is 11.9 Å². The van der Waals surface area contributed by atoms with Crippen LogP contribution in [0.5, 0.6) is 11.5 Å². The van der Waals surface area contributed by atoms with Gasteiger partial charge in [0.15, 0.2) is 0 Å². The molecule has 0 saturated heterocycles. The van der Waals surface area contributed by atoms with Crippen LogP contribution in [0.15, 0.2) is 48.5 Å². The van der Waals surface area contributed by atoms with Gasteiger partial charge in [-0.2, -0.15) is 0 Å². The van der Waals surface area contributed by atoms with Crippen molar-refractivity contribution in [3.05, 3.63) is 59.7 Å². The van der Waals surface area contributed by atoms with E-state index in [4.69, 9.17) is 20.4 Å². The number of rotatable bonds is 2. The summed E-state index contributed by atoms with van der Waals surface area (Å²) in [5, 5.41) is 34.6. The van der Waals surface area contributed by atoms with Crippen molar-refractivity contribution in [2.45, 2.75) is 0 Å². The van der Waals surface area contributed by atoms with Gasteiger partial charge in [-0.05, 0) is 24.3 Å². The first-order chi connectivity index (χ1) is 9.43. The Morgan fingerprint density at radius 2 is 0.952 bits per heavy atom. The molecule has 0 fully saturated rings. The molecule has 0 bridgehead atoms. The first kappa shape index (κ1) is 18.5. The van der Waals surface area contributed by atoms with Crippen molar-refractivity contribution in [3.8, 4) is 11.5 Å². The number of para-hydroxylation sites is 2. The van der Waals surface area contributed by atoms with Gasteiger partial charge in [0.2, 0.25) is 0 Å². The van der Waals surface area contributed by atoms with Gasteiger partial charge in [-0.3, -0.25) is 0 Å². The normalized spacial score (nSPS) is 8.76. The summed E-state index contributed by atoms with van der Waals surface area (Å²) in [6.07, 6.45) is 0. The molecule has 2 aromatic rings. The second kappa shape index (κ2) is 8.63. The minimum absolute atomic E-state index is 0. The summed E-state index contributed by atoms with van der Waals surface area (Å²) in [5.41, 5.74) is -0.134. The van der Waals surface area contributed by atoms with Gasteiger partial charge in [0.1, 0.15) is 22.6 Å². The minimum Gasteiger partial charge on any atom is -0.507 e. The van der Waals surface area contributed by atoms with E-state index >= 15 is 0 Å². The van der Waals surface area contributed by atoms with Crippen LogP contribution < -0.4 is 0 Å². The molecule has 0 aliphatic carbocycles. The number of aromatic carboxylic acids is 2. The number of benzene rings is 2. The molecule has 0 heterocycles. The van der Waals surface area contributed by atoms with Gasteiger partial charge in [-0.1, -0.05) is 24.3 Å². The van der Waals surface area contributed by atoms with Gasteiger partial charge in [0, 0.05) is 17.1 Å². The molecule has 2 rings (SSSR count). The fraction of sp³-hybridized carbons (Fsp3) is 0. The van der Waals surface area contributed by atoms with E-state index in [1.165, 1.54) is 24.3 Å². The van der Waals surface area contributed by atoms with Gasteiger partial charge in [0.25, 0.3) is 0 Å². The third-order valence-corrected chi connectivity index (χ3v) is 2.27. The third-order valence-electron chi connectivity index (χ3n) is 2.27. The first-order valence-electron chi connectivity index (χ1n) is 5.46. The van der Waals surface area contributed by atoms with Gasteiger partial charge < -0.3 is 20.4 Å². The molecule has 6 nitrogen and oxygen atoms in total. The van der Waals surface area contributed by atoms with Gasteiger partial charge >= 0.3 is 11.9 Å². The number of carbonyl (C=O) groups is 2. The van der Waals surface area contributed by atoms with Crippen LogP contribution in [0.25, 0.3) is 0 Å². The fourth-order valence-corrected chi connectivity index (χ4v) is 1.31. The average molecular weight is 340 g/mol. The molecule has 0 amide bonds. The van der Waals surface area contributed by atoms with Gasteiger partial charge in [-0.25, -0.2) is 9.59 Å². The second-order valence-corrected chi connectivity index (χ2v) is 3.64. The molecule has 0 saturated carbocycles. The van der Waals surface area contributed by atoms with Crippen molar-refractivity contribution in [3.63, 3.8) is 0 Å². The molecular weight excluding hydrogens is 328 g/mol. The molecular formula is C14H12CuO6.